The summed E-state index contributed by atoms with van der Waals surface area (Å²) >= 11 is 0. The normalized spacial score (nSPS) is 11.0. The zero-order valence-electron chi connectivity index (χ0n) is 12.5. The number of carbonyl (C=O) groups excluding carboxylic acids is 1. The van der Waals surface area contributed by atoms with Crippen LogP contribution >= 0.6 is 0 Å². The fraction of sp³-hybridized carbons (Fsp3) is 0.375. The molecule has 21 heavy (non-hydrogen) atoms. The fourth-order valence-electron chi connectivity index (χ4n) is 2.52. The van der Waals surface area contributed by atoms with Crippen LogP contribution in [0.1, 0.15) is 25.1 Å². The summed E-state index contributed by atoms with van der Waals surface area (Å²) in [5.41, 5.74) is 2.88. The number of nitrogens with zero attached hydrogens (tertiary/aromatic N) is 1. The van der Waals surface area contributed by atoms with Crippen molar-refractivity contribution in [1.29, 1.82) is 0 Å². The molecule has 2 N–H and O–H groups in total. The topological polar surface area (TPSA) is 73.4 Å². The molecular formula is C16H20N2O3. The Morgan fingerprint density at radius 3 is 2.57 bits per heavy atom. The molecule has 2 rings (SSSR count). The average Bonchev–Trinajstić information content (AvgIpc) is 2.72. The van der Waals surface area contributed by atoms with E-state index in [0.29, 0.717) is 0 Å². The van der Waals surface area contributed by atoms with Crippen molar-refractivity contribution < 1.29 is 14.7 Å². The maximum atomic E-state index is 12.4. The average molecular weight is 288 g/mol. The first-order valence-corrected chi connectivity index (χ1v) is 6.97. The largest absolute Gasteiger partial charge is 0.480 e. The van der Waals surface area contributed by atoms with Crippen LogP contribution in [0.4, 0.5) is 0 Å². The van der Waals surface area contributed by atoms with Crippen molar-refractivity contribution in [3.63, 3.8) is 0 Å². The van der Waals surface area contributed by atoms with E-state index in [9.17, 15) is 9.59 Å². The van der Waals surface area contributed by atoms with Crippen molar-refractivity contribution >= 4 is 22.8 Å². The van der Waals surface area contributed by atoms with E-state index in [1.165, 1.54) is 4.90 Å². The molecule has 0 aliphatic carbocycles. The van der Waals surface area contributed by atoms with Gasteiger partial charge in [-0.3, -0.25) is 9.59 Å². The monoisotopic (exact) mass is 288 g/mol. The van der Waals surface area contributed by atoms with E-state index < -0.39 is 5.97 Å². The number of aryl methyl sites for hydroxylation is 1. The molecule has 0 aliphatic rings. The van der Waals surface area contributed by atoms with E-state index in [0.717, 1.165) is 22.2 Å². The second kappa shape index (κ2) is 5.99. The summed E-state index contributed by atoms with van der Waals surface area (Å²) in [5.74, 6) is -1.16. The molecule has 0 radical (unpaired) electrons. The molecule has 0 unspecified atom stereocenters. The Labute approximate surface area is 123 Å². The molecule has 0 aliphatic heterocycles. The van der Waals surface area contributed by atoms with Gasteiger partial charge in [-0.15, -0.1) is 0 Å². The lowest BCUT2D eigenvalue weighted by Crippen LogP contribution is -2.41. The molecule has 1 amide bonds. The summed E-state index contributed by atoms with van der Waals surface area (Å²) in [5, 5.41) is 9.95. The molecule has 5 heteroatoms. The third-order valence-electron chi connectivity index (χ3n) is 3.60. The van der Waals surface area contributed by atoms with Crippen LogP contribution in [0, 0.1) is 6.92 Å². The van der Waals surface area contributed by atoms with E-state index in [1.54, 1.807) is 0 Å². The summed E-state index contributed by atoms with van der Waals surface area (Å²) in [7, 11) is 0. The summed E-state index contributed by atoms with van der Waals surface area (Å²) in [6.45, 7) is 5.31. The van der Waals surface area contributed by atoms with Crippen LogP contribution in [0.15, 0.2) is 24.3 Å². The molecule has 0 spiro atoms. The number of carboxylic acid groups (broad SMARTS) is 1. The Hall–Kier alpha value is -2.30. The summed E-state index contributed by atoms with van der Waals surface area (Å²) in [6, 6.07) is 7.67. The molecule has 1 heterocycles. The number of carbonyl (C=O) groups is 2. The summed E-state index contributed by atoms with van der Waals surface area (Å²) in [6.07, 6.45) is 0.210. The molecular weight excluding hydrogens is 268 g/mol. The van der Waals surface area contributed by atoms with Crippen LogP contribution in [-0.4, -0.2) is 39.5 Å². The van der Waals surface area contributed by atoms with Crippen LogP contribution in [0.25, 0.3) is 10.9 Å². The Bertz CT molecular complexity index is 673. The van der Waals surface area contributed by atoms with Crippen LogP contribution < -0.4 is 0 Å². The van der Waals surface area contributed by atoms with E-state index in [4.69, 9.17) is 5.11 Å². The molecule has 1 aromatic heterocycles. The van der Waals surface area contributed by atoms with Crippen molar-refractivity contribution in [3.8, 4) is 0 Å². The maximum absolute atomic E-state index is 12.4. The number of para-hydroxylation sites is 1. The predicted molar refractivity (Wildman–Crippen MR) is 81.2 cm³/mol. The first-order valence-electron chi connectivity index (χ1n) is 6.97. The number of benzene rings is 1. The zero-order valence-corrected chi connectivity index (χ0v) is 12.5. The third kappa shape index (κ3) is 3.24. The lowest BCUT2D eigenvalue weighted by molar-refractivity contribution is -0.145. The van der Waals surface area contributed by atoms with Crippen molar-refractivity contribution in [2.24, 2.45) is 0 Å². The Kier molecular flexibility index (Phi) is 4.31. The third-order valence-corrected chi connectivity index (χ3v) is 3.60. The van der Waals surface area contributed by atoms with Gasteiger partial charge in [0.05, 0.1) is 6.42 Å². The zero-order chi connectivity index (χ0) is 15.6. The summed E-state index contributed by atoms with van der Waals surface area (Å²) in [4.78, 5) is 28.0. The van der Waals surface area contributed by atoms with Gasteiger partial charge in [-0.25, -0.2) is 0 Å². The molecule has 0 saturated carbocycles. The second-order valence-electron chi connectivity index (χ2n) is 5.46. The maximum Gasteiger partial charge on any atom is 0.323 e. The Balaban J connectivity index is 2.28. The number of hydrogen-bond donors (Lipinski definition) is 2. The SMILES string of the molecule is Cc1[nH]c2ccccc2c1CC(=O)N(CC(=O)O)C(C)C. The molecule has 0 saturated heterocycles. The van der Waals surface area contributed by atoms with E-state index in [2.05, 4.69) is 4.98 Å². The van der Waals surface area contributed by atoms with E-state index in [1.807, 2.05) is 45.0 Å². The number of amides is 1. The van der Waals surface area contributed by atoms with Gasteiger partial charge in [-0.05, 0) is 32.4 Å². The molecule has 2 aromatic rings. The van der Waals surface area contributed by atoms with Crippen LogP contribution in [0.3, 0.4) is 0 Å². The number of H-pyrrole nitrogens is 1. The number of aromatic amines is 1. The number of hydrogen-bond acceptors (Lipinski definition) is 2. The highest BCUT2D eigenvalue weighted by Crippen LogP contribution is 2.23. The minimum atomic E-state index is -0.993. The number of carboxylic acids is 1. The standard InChI is InChI=1S/C16H20N2O3/c1-10(2)18(9-16(20)21)15(19)8-13-11(3)17-14-7-5-4-6-12(13)14/h4-7,10,17H,8-9H2,1-3H3,(H,20,21). The molecule has 0 atom stereocenters. The Morgan fingerprint density at radius 2 is 1.95 bits per heavy atom. The number of aliphatic carboxylic acids is 1. The summed E-state index contributed by atoms with van der Waals surface area (Å²) < 4.78 is 0. The molecule has 5 nitrogen and oxygen atoms in total. The number of fused-ring (bicyclic) bond motifs is 1. The smallest absolute Gasteiger partial charge is 0.323 e. The van der Waals surface area contributed by atoms with Gasteiger partial charge in [0, 0.05) is 22.6 Å². The lowest BCUT2D eigenvalue weighted by Gasteiger charge is -2.25. The molecule has 1 aromatic carbocycles. The van der Waals surface area contributed by atoms with Gasteiger partial charge >= 0.3 is 5.97 Å². The van der Waals surface area contributed by atoms with Gasteiger partial charge in [0.25, 0.3) is 0 Å². The van der Waals surface area contributed by atoms with Crippen molar-refractivity contribution in [1.82, 2.24) is 9.88 Å². The van der Waals surface area contributed by atoms with Crippen LogP contribution in [-0.2, 0) is 16.0 Å². The van der Waals surface area contributed by atoms with Gasteiger partial charge in [0.15, 0.2) is 0 Å². The van der Waals surface area contributed by atoms with Crippen molar-refractivity contribution in [2.45, 2.75) is 33.2 Å². The van der Waals surface area contributed by atoms with Gasteiger partial charge in [-0.2, -0.15) is 0 Å². The van der Waals surface area contributed by atoms with E-state index in [-0.39, 0.29) is 24.9 Å². The first kappa shape index (κ1) is 15.1. The number of rotatable bonds is 5. The van der Waals surface area contributed by atoms with Gasteiger partial charge in [0.2, 0.25) is 5.91 Å². The lowest BCUT2D eigenvalue weighted by atomic mass is 10.1. The highest BCUT2D eigenvalue weighted by molar-refractivity contribution is 5.91. The highest BCUT2D eigenvalue weighted by Gasteiger charge is 2.22. The number of aromatic nitrogens is 1. The fourth-order valence-corrected chi connectivity index (χ4v) is 2.52. The van der Waals surface area contributed by atoms with Crippen molar-refractivity contribution in [2.75, 3.05) is 6.54 Å². The van der Waals surface area contributed by atoms with Crippen molar-refractivity contribution in [3.05, 3.63) is 35.5 Å². The van der Waals surface area contributed by atoms with Gasteiger partial charge < -0.3 is 15.0 Å². The minimum Gasteiger partial charge on any atom is -0.480 e. The van der Waals surface area contributed by atoms with Gasteiger partial charge in [0.1, 0.15) is 6.54 Å². The molecule has 0 fully saturated rings. The van der Waals surface area contributed by atoms with Gasteiger partial charge in [-0.1, -0.05) is 18.2 Å². The van der Waals surface area contributed by atoms with Crippen LogP contribution in [0.2, 0.25) is 0 Å². The Morgan fingerprint density at radius 1 is 1.29 bits per heavy atom. The van der Waals surface area contributed by atoms with E-state index >= 15 is 0 Å². The second-order valence-corrected chi connectivity index (χ2v) is 5.46. The first-order chi connectivity index (χ1) is 9.90. The number of nitrogens with one attached hydrogen (secondary N) is 1. The van der Waals surface area contributed by atoms with Crippen LogP contribution in [0.5, 0.6) is 0 Å². The highest BCUT2D eigenvalue weighted by atomic mass is 16.4. The predicted octanol–water partition coefficient (Wildman–Crippen LogP) is 2.34. The quantitative estimate of drug-likeness (QED) is 0.887. The molecule has 0 bridgehead atoms. The molecule has 112 valence electrons. The minimum absolute atomic E-state index is 0.140.